The number of hydrogen-bond acceptors (Lipinski definition) is 4. The maximum atomic E-state index is 13.4. The summed E-state index contributed by atoms with van der Waals surface area (Å²) in [5.41, 5.74) is 2.71. The van der Waals surface area contributed by atoms with Gasteiger partial charge in [0.15, 0.2) is 0 Å². The quantitative estimate of drug-likeness (QED) is 0.649. The van der Waals surface area contributed by atoms with Crippen LogP contribution in [-0.2, 0) is 26.2 Å². The number of benzene rings is 2. The van der Waals surface area contributed by atoms with E-state index in [4.69, 9.17) is 11.6 Å². The number of carbonyl (C=O) groups excluding carboxylic acids is 2. The molecule has 1 atom stereocenters. The Hall–Kier alpha value is -2.58. The van der Waals surface area contributed by atoms with Crippen LogP contribution in [0.4, 0.5) is 5.69 Å². The molecule has 0 saturated carbocycles. The van der Waals surface area contributed by atoms with E-state index in [0.717, 1.165) is 21.7 Å². The molecule has 2 aromatic rings. The second-order valence-electron chi connectivity index (χ2n) is 7.39. The largest absolute Gasteiger partial charge is 0.357 e. The molecule has 7 nitrogen and oxygen atoms in total. The highest BCUT2D eigenvalue weighted by Gasteiger charge is 2.30. The molecule has 2 rings (SSSR count). The summed E-state index contributed by atoms with van der Waals surface area (Å²) in [6.07, 6.45) is 1.04. The number of anilines is 1. The Morgan fingerprint density at radius 2 is 1.74 bits per heavy atom. The van der Waals surface area contributed by atoms with Crippen LogP contribution in [0, 0.1) is 13.8 Å². The van der Waals surface area contributed by atoms with Gasteiger partial charge in [-0.1, -0.05) is 41.9 Å². The molecule has 168 valence electrons. The highest BCUT2D eigenvalue weighted by Crippen LogP contribution is 2.28. The molecular formula is C22H28ClN3O4S. The van der Waals surface area contributed by atoms with Crippen LogP contribution in [0.15, 0.2) is 42.5 Å². The van der Waals surface area contributed by atoms with Crippen LogP contribution in [0.3, 0.4) is 0 Å². The molecule has 31 heavy (non-hydrogen) atoms. The SMILES string of the molecule is CNC(=O)C(C)N(Cc1ccccc1C)C(=O)CN(c1cccc(Cl)c1C)S(C)(=O)=O. The number of likely N-dealkylation sites (N-methyl/N-ethyl adjacent to an activating group) is 1. The van der Waals surface area contributed by atoms with Crippen LogP contribution in [0.25, 0.3) is 0 Å². The Kier molecular flexibility index (Phi) is 8.08. The molecule has 0 bridgehead atoms. The lowest BCUT2D eigenvalue weighted by Gasteiger charge is -2.32. The van der Waals surface area contributed by atoms with Gasteiger partial charge in [0.05, 0.1) is 11.9 Å². The molecule has 0 aliphatic heterocycles. The molecule has 0 fully saturated rings. The topological polar surface area (TPSA) is 86.8 Å². The standard InChI is InChI=1S/C22H28ClN3O4S/c1-15-9-6-7-10-18(15)13-25(17(3)22(28)24-4)21(27)14-26(31(5,29)30)20-12-8-11-19(23)16(20)2/h6-12,17H,13-14H2,1-5H3,(H,24,28). The third-order valence-corrected chi connectivity index (χ3v) is 6.74. The summed E-state index contributed by atoms with van der Waals surface area (Å²) in [7, 11) is -2.30. The number of sulfonamides is 1. The van der Waals surface area contributed by atoms with Crippen molar-refractivity contribution < 1.29 is 18.0 Å². The smallest absolute Gasteiger partial charge is 0.244 e. The van der Waals surface area contributed by atoms with Crippen LogP contribution < -0.4 is 9.62 Å². The molecule has 9 heteroatoms. The maximum absolute atomic E-state index is 13.4. The number of hydrogen-bond donors (Lipinski definition) is 1. The molecule has 2 amide bonds. The summed E-state index contributed by atoms with van der Waals surface area (Å²) in [5, 5.41) is 2.95. The van der Waals surface area contributed by atoms with Gasteiger partial charge in [-0.15, -0.1) is 0 Å². The molecule has 1 unspecified atom stereocenters. The predicted molar refractivity (Wildman–Crippen MR) is 124 cm³/mol. The number of halogens is 1. The normalized spacial score (nSPS) is 12.2. The van der Waals surface area contributed by atoms with Crippen molar-refractivity contribution in [2.24, 2.45) is 0 Å². The van der Waals surface area contributed by atoms with Gasteiger partial charge >= 0.3 is 0 Å². The Balaban J connectivity index is 2.45. The van der Waals surface area contributed by atoms with Crippen LogP contribution in [0.5, 0.6) is 0 Å². The average molecular weight is 466 g/mol. The highest BCUT2D eigenvalue weighted by atomic mass is 35.5. The predicted octanol–water partition coefficient (Wildman–Crippen LogP) is 2.89. The van der Waals surface area contributed by atoms with E-state index in [1.165, 1.54) is 11.9 Å². The minimum atomic E-state index is -3.79. The Morgan fingerprint density at radius 1 is 1.10 bits per heavy atom. The van der Waals surface area contributed by atoms with Gasteiger partial charge in [0.2, 0.25) is 21.8 Å². The summed E-state index contributed by atoms with van der Waals surface area (Å²) >= 11 is 6.17. The number of aryl methyl sites for hydroxylation is 1. The minimum absolute atomic E-state index is 0.173. The number of nitrogens with one attached hydrogen (secondary N) is 1. The monoisotopic (exact) mass is 465 g/mol. The van der Waals surface area contributed by atoms with Gasteiger partial charge in [-0.3, -0.25) is 13.9 Å². The first-order valence-corrected chi connectivity index (χ1v) is 12.0. The first kappa shape index (κ1) is 24.7. The maximum Gasteiger partial charge on any atom is 0.244 e. The van der Waals surface area contributed by atoms with Crippen molar-refractivity contribution in [1.29, 1.82) is 0 Å². The van der Waals surface area contributed by atoms with E-state index >= 15 is 0 Å². The van der Waals surface area contributed by atoms with Gasteiger partial charge in [0, 0.05) is 18.6 Å². The molecule has 2 aromatic carbocycles. The summed E-state index contributed by atoms with van der Waals surface area (Å²) in [5.74, 6) is -0.837. The van der Waals surface area contributed by atoms with Gasteiger partial charge in [-0.25, -0.2) is 8.42 Å². The molecule has 0 spiro atoms. The molecule has 0 saturated heterocycles. The van der Waals surface area contributed by atoms with Crippen molar-refractivity contribution >= 4 is 39.1 Å². The van der Waals surface area contributed by atoms with Crippen molar-refractivity contribution in [2.75, 3.05) is 24.2 Å². The van der Waals surface area contributed by atoms with E-state index in [1.807, 2.05) is 31.2 Å². The van der Waals surface area contributed by atoms with E-state index in [9.17, 15) is 18.0 Å². The van der Waals surface area contributed by atoms with Crippen molar-refractivity contribution in [3.8, 4) is 0 Å². The first-order valence-electron chi connectivity index (χ1n) is 9.75. The Morgan fingerprint density at radius 3 is 2.32 bits per heavy atom. The van der Waals surface area contributed by atoms with E-state index < -0.39 is 28.5 Å². The number of nitrogens with zero attached hydrogens (tertiary/aromatic N) is 2. The molecule has 0 aliphatic carbocycles. The summed E-state index contributed by atoms with van der Waals surface area (Å²) < 4.78 is 26.1. The highest BCUT2D eigenvalue weighted by molar-refractivity contribution is 7.92. The van der Waals surface area contributed by atoms with Crippen LogP contribution >= 0.6 is 11.6 Å². The van der Waals surface area contributed by atoms with Gasteiger partial charge in [-0.05, 0) is 49.6 Å². The van der Waals surface area contributed by atoms with Crippen LogP contribution in [0.2, 0.25) is 5.02 Å². The summed E-state index contributed by atoms with van der Waals surface area (Å²) in [6.45, 7) is 4.95. The number of carbonyl (C=O) groups is 2. The second-order valence-corrected chi connectivity index (χ2v) is 9.71. The summed E-state index contributed by atoms with van der Waals surface area (Å²) in [4.78, 5) is 27.1. The molecular weight excluding hydrogens is 438 g/mol. The van der Waals surface area contributed by atoms with Gasteiger partial charge in [0.25, 0.3) is 0 Å². The lowest BCUT2D eigenvalue weighted by Crippen LogP contribution is -2.50. The number of rotatable bonds is 8. The molecule has 0 heterocycles. The van der Waals surface area contributed by atoms with Crippen molar-refractivity contribution in [2.45, 2.75) is 33.4 Å². The number of amides is 2. The fraction of sp³-hybridized carbons (Fsp3) is 0.364. The van der Waals surface area contributed by atoms with E-state index in [2.05, 4.69) is 5.32 Å². The summed E-state index contributed by atoms with van der Waals surface area (Å²) in [6, 6.07) is 11.6. The van der Waals surface area contributed by atoms with Crippen LogP contribution in [-0.4, -0.2) is 51.0 Å². The molecule has 1 N–H and O–H groups in total. The molecule has 0 aliphatic rings. The zero-order valence-electron chi connectivity index (χ0n) is 18.3. The lowest BCUT2D eigenvalue weighted by molar-refractivity contribution is -0.139. The third-order valence-electron chi connectivity index (χ3n) is 5.20. The minimum Gasteiger partial charge on any atom is -0.357 e. The fourth-order valence-electron chi connectivity index (χ4n) is 3.22. The fourth-order valence-corrected chi connectivity index (χ4v) is 4.29. The molecule has 0 aromatic heterocycles. The van der Waals surface area contributed by atoms with Crippen molar-refractivity contribution in [1.82, 2.24) is 10.2 Å². The van der Waals surface area contributed by atoms with E-state index in [1.54, 1.807) is 32.0 Å². The molecule has 0 radical (unpaired) electrons. The zero-order chi connectivity index (χ0) is 23.3. The first-order chi connectivity index (χ1) is 14.5. The Bertz CT molecular complexity index is 1070. The third kappa shape index (κ3) is 5.98. The average Bonchev–Trinajstić information content (AvgIpc) is 2.71. The van der Waals surface area contributed by atoms with Crippen molar-refractivity contribution in [3.05, 3.63) is 64.2 Å². The van der Waals surface area contributed by atoms with E-state index in [0.29, 0.717) is 16.3 Å². The van der Waals surface area contributed by atoms with E-state index in [-0.39, 0.29) is 12.5 Å². The van der Waals surface area contributed by atoms with Gasteiger partial charge < -0.3 is 10.2 Å². The van der Waals surface area contributed by atoms with Gasteiger partial charge in [0.1, 0.15) is 12.6 Å². The Labute approximate surface area is 189 Å². The zero-order valence-corrected chi connectivity index (χ0v) is 19.9. The van der Waals surface area contributed by atoms with Gasteiger partial charge in [-0.2, -0.15) is 0 Å². The van der Waals surface area contributed by atoms with Crippen LogP contribution in [0.1, 0.15) is 23.6 Å². The second kappa shape index (κ2) is 10.2. The van der Waals surface area contributed by atoms with Crippen molar-refractivity contribution in [3.63, 3.8) is 0 Å². The lowest BCUT2D eigenvalue weighted by atomic mass is 10.1.